The number of benzene rings is 3. The zero-order valence-corrected chi connectivity index (χ0v) is 12.7. The average molecular weight is 291 g/mol. The Bertz CT molecular complexity index is 705. The lowest BCUT2D eigenvalue weighted by Crippen LogP contribution is -1.89. The maximum absolute atomic E-state index is 3.41. The van der Waals surface area contributed by atoms with Gasteiger partial charge in [0.1, 0.15) is 0 Å². The maximum Gasteiger partial charge on any atom is 0.0472 e. The smallest absolute Gasteiger partial charge is 0.0472 e. The van der Waals surface area contributed by atoms with Crippen LogP contribution in [0.15, 0.2) is 83.8 Å². The van der Waals surface area contributed by atoms with Crippen molar-refractivity contribution < 1.29 is 0 Å². The topological polar surface area (TPSA) is 12.0 Å². The van der Waals surface area contributed by atoms with E-state index in [4.69, 9.17) is 0 Å². The number of hydrogen-bond acceptors (Lipinski definition) is 2. The lowest BCUT2D eigenvalue weighted by Gasteiger charge is -2.09. The van der Waals surface area contributed by atoms with Crippen LogP contribution in [0, 0.1) is 6.92 Å². The second-order valence-electron chi connectivity index (χ2n) is 4.91. The summed E-state index contributed by atoms with van der Waals surface area (Å²) in [6.07, 6.45) is 0. The Morgan fingerprint density at radius 2 is 1.29 bits per heavy atom. The Kier molecular flexibility index (Phi) is 4.27. The summed E-state index contributed by atoms with van der Waals surface area (Å²) >= 11 is 1.64. The molecule has 0 saturated carbocycles. The number of para-hydroxylation sites is 1. The molecule has 0 bridgehead atoms. The molecule has 0 amide bonds. The first kappa shape index (κ1) is 13.8. The quantitative estimate of drug-likeness (QED) is 0.611. The Hall–Kier alpha value is -2.19. The van der Waals surface area contributed by atoms with Crippen LogP contribution in [0.2, 0.25) is 0 Å². The van der Waals surface area contributed by atoms with E-state index in [-0.39, 0.29) is 0 Å². The van der Waals surface area contributed by atoms with Gasteiger partial charge in [0.05, 0.1) is 0 Å². The number of rotatable bonds is 4. The standard InChI is InChI=1S/C19H17NS/c1-15-7-5-6-10-19(15)20-21-18-13-11-17(12-14-18)16-8-3-2-4-9-16/h2-14,20H,1H3. The molecule has 2 heteroatoms. The van der Waals surface area contributed by atoms with E-state index in [1.807, 2.05) is 12.1 Å². The maximum atomic E-state index is 3.41. The number of aryl methyl sites for hydroxylation is 1. The highest BCUT2D eigenvalue weighted by Gasteiger charge is 2.00. The molecule has 1 nitrogen and oxygen atoms in total. The van der Waals surface area contributed by atoms with Gasteiger partial charge >= 0.3 is 0 Å². The highest BCUT2D eigenvalue weighted by molar-refractivity contribution is 8.00. The van der Waals surface area contributed by atoms with Crippen LogP contribution in [0.1, 0.15) is 5.56 Å². The van der Waals surface area contributed by atoms with Crippen LogP contribution in [-0.4, -0.2) is 0 Å². The molecule has 3 rings (SSSR count). The second kappa shape index (κ2) is 6.51. The second-order valence-corrected chi connectivity index (χ2v) is 5.79. The van der Waals surface area contributed by atoms with Crippen molar-refractivity contribution in [1.82, 2.24) is 0 Å². The lowest BCUT2D eigenvalue weighted by molar-refractivity contribution is 1.44. The molecule has 1 N–H and O–H groups in total. The van der Waals surface area contributed by atoms with Crippen molar-refractivity contribution in [3.05, 3.63) is 84.4 Å². The molecule has 0 aliphatic rings. The minimum Gasteiger partial charge on any atom is -0.325 e. The summed E-state index contributed by atoms with van der Waals surface area (Å²) in [5.74, 6) is 0. The van der Waals surface area contributed by atoms with Crippen LogP contribution in [0.5, 0.6) is 0 Å². The van der Waals surface area contributed by atoms with Gasteiger partial charge in [0.25, 0.3) is 0 Å². The Morgan fingerprint density at radius 1 is 0.667 bits per heavy atom. The molecule has 0 unspecified atom stereocenters. The first-order valence-electron chi connectivity index (χ1n) is 6.97. The summed E-state index contributed by atoms with van der Waals surface area (Å²) in [6, 6.07) is 27.4. The monoisotopic (exact) mass is 291 g/mol. The third kappa shape index (κ3) is 3.47. The third-order valence-electron chi connectivity index (χ3n) is 3.39. The normalized spacial score (nSPS) is 10.3. The van der Waals surface area contributed by atoms with Gasteiger partial charge < -0.3 is 4.72 Å². The number of anilines is 1. The molecule has 104 valence electrons. The summed E-state index contributed by atoms with van der Waals surface area (Å²) in [5, 5.41) is 0. The highest BCUT2D eigenvalue weighted by Crippen LogP contribution is 2.26. The molecule has 21 heavy (non-hydrogen) atoms. The van der Waals surface area contributed by atoms with Crippen LogP contribution >= 0.6 is 11.9 Å². The van der Waals surface area contributed by atoms with Gasteiger partial charge in [-0.15, -0.1) is 0 Å². The van der Waals surface area contributed by atoms with Crippen LogP contribution < -0.4 is 4.72 Å². The molecule has 0 saturated heterocycles. The van der Waals surface area contributed by atoms with Gasteiger partial charge in [-0.25, -0.2) is 0 Å². The molecule has 3 aromatic rings. The fourth-order valence-corrected chi connectivity index (χ4v) is 2.88. The fraction of sp³-hybridized carbons (Fsp3) is 0.0526. The van der Waals surface area contributed by atoms with Gasteiger partial charge in [0.2, 0.25) is 0 Å². The Balaban J connectivity index is 1.69. The zero-order chi connectivity index (χ0) is 14.5. The van der Waals surface area contributed by atoms with Crippen LogP contribution in [0.25, 0.3) is 11.1 Å². The first-order valence-corrected chi connectivity index (χ1v) is 7.78. The van der Waals surface area contributed by atoms with Crippen LogP contribution in [0.3, 0.4) is 0 Å². The lowest BCUT2D eigenvalue weighted by atomic mass is 10.1. The van der Waals surface area contributed by atoms with E-state index in [0.29, 0.717) is 0 Å². The van der Waals surface area contributed by atoms with E-state index in [2.05, 4.69) is 78.4 Å². The molecule has 0 aliphatic carbocycles. The summed E-state index contributed by atoms with van der Waals surface area (Å²) in [5.41, 5.74) is 4.91. The molecule has 0 aromatic heterocycles. The number of nitrogens with one attached hydrogen (secondary N) is 1. The molecule has 0 fully saturated rings. The molecule has 0 radical (unpaired) electrons. The summed E-state index contributed by atoms with van der Waals surface area (Å²) in [7, 11) is 0. The van der Waals surface area contributed by atoms with Gasteiger partial charge in [-0.1, -0.05) is 60.7 Å². The highest BCUT2D eigenvalue weighted by atomic mass is 32.2. The minimum absolute atomic E-state index is 1.16. The SMILES string of the molecule is Cc1ccccc1NSc1ccc(-c2ccccc2)cc1. The van der Waals surface area contributed by atoms with Gasteiger partial charge in [-0.3, -0.25) is 0 Å². The first-order chi connectivity index (χ1) is 10.3. The number of hydrogen-bond donors (Lipinski definition) is 1. The van der Waals surface area contributed by atoms with Crippen molar-refractivity contribution in [3.63, 3.8) is 0 Å². The van der Waals surface area contributed by atoms with Crippen molar-refractivity contribution in [2.45, 2.75) is 11.8 Å². The zero-order valence-electron chi connectivity index (χ0n) is 11.9. The van der Waals surface area contributed by atoms with Gasteiger partial charge in [-0.2, -0.15) is 0 Å². The van der Waals surface area contributed by atoms with Gasteiger partial charge in [0.15, 0.2) is 0 Å². The molecule has 0 aliphatic heterocycles. The van der Waals surface area contributed by atoms with E-state index in [9.17, 15) is 0 Å². The Morgan fingerprint density at radius 3 is 2.00 bits per heavy atom. The van der Waals surface area contributed by atoms with Crippen molar-refractivity contribution >= 4 is 17.6 Å². The van der Waals surface area contributed by atoms with Crippen molar-refractivity contribution in [1.29, 1.82) is 0 Å². The van der Waals surface area contributed by atoms with Crippen molar-refractivity contribution in [2.24, 2.45) is 0 Å². The molecular formula is C19H17NS. The van der Waals surface area contributed by atoms with Gasteiger partial charge in [-0.05, 0) is 53.8 Å². The largest absolute Gasteiger partial charge is 0.325 e. The molecule has 3 aromatic carbocycles. The van der Waals surface area contributed by atoms with Crippen LogP contribution in [0.4, 0.5) is 5.69 Å². The fourth-order valence-electron chi connectivity index (χ4n) is 2.15. The third-order valence-corrected chi connectivity index (χ3v) is 4.22. The van der Waals surface area contributed by atoms with Crippen LogP contribution in [-0.2, 0) is 0 Å². The van der Waals surface area contributed by atoms with E-state index < -0.39 is 0 Å². The van der Waals surface area contributed by atoms with E-state index in [0.717, 1.165) is 5.69 Å². The molecular weight excluding hydrogens is 274 g/mol. The van der Waals surface area contributed by atoms with E-state index in [1.165, 1.54) is 21.6 Å². The summed E-state index contributed by atoms with van der Waals surface area (Å²) < 4.78 is 3.41. The van der Waals surface area contributed by atoms with Gasteiger partial charge in [0, 0.05) is 10.6 Å². The summed E-state index contributed by atoms with van der Waals surface area (Å²) in [4.78, 5) is 1.21. The predicted molar refractivity (Wildman–Crippen MR) is 92.5 cm³/mol. The van der Waals surface area contributed by atoms with Crippen molar-refractivity contribution in [3.8, 4) is 11.1 Å². The minimum atomic E-state index is 1.16. The molecule has 0 spiro atoms. The molecule has 0 atom stereocenters. The van der Waals surface area contributed by atoms with E-state index in [1.54, 1.807) is 11.9 Å². The Labute approximate surface area is 130 Å². The van der Waals surface area contributed by atoms with E-state index >= 15 is 0 Å². The van der Waals surface area contributed by atoms with Crippen molar-refractivity contribution in [2.75, 3.05) is 4.72 Å². The summed E-state index contributed by atoms with van der Waals surface area (Å²) in [6.45, 7) is 2.11. The predicted octanol–water partition coefficient (Wildman–Crippen LogP) is 5.78. The average Bonchev–Trinajstić information content (AvgIpc) is 2.55. The molecule has 0 heterocycles.